The molecular formula is C14H24N2O3. The van der Waals surface area contributed by atoms with E-state index in [1.54, 1.807) is 0 Å². The molecule has 0 radical (unpaired) electrons. The molecule has 0 spiro atoms. The zero-order chi connectivity index (χ0) is 13.2. The lowest BCUT2D eigenvalue weighted by Gasteiger charge is -2.47. The van der Waals surface area contributed by atoms with Gasteiger partial charge >= 0.3 is 0 Å². The number of nitrogens with zero attached hydrogens (tertiary/aromatic N) is 1. The lowest BCUT2D eigenvalue weighted by atomic mass is 9.65. The summed E-state index contributed by atoms with van der Waals surface area (Å²) in [6, 6.07) is 0.339. The maximum atomic E-state index is 12.1. The molecule has 1 amide bonds. The summed E-state index contributed by atoms with van der Waals surface area (Å²) in [7, 11) is 0. The highest BCUT2D eigenvalue weighted by Crippen LogP contribution is 2.45. The zero-order valence-corrected chi connectivity index (χ0v) is 11.6. The number of hydrogen-bond donors (Lipinski definition) is 1. The Bertz CT molecular complexity index is 331. The largest absolute Gasteiger partial charge is 0.379 e. The van der Waals surface area contributed by atoms with Crippen molar-refractivity contribution in [1.29, 1.82) is 0 Å². The van der Waals surface area contributed by atoms with Gasteiger partial charge in [-0.1, -0.05) is 6.92 Å². The summed E-state index contributed by atoms with van der Waals surface area (Å²) in [6.07, 6.45) is 2.59. The third-order valence-electron chi connectivity index (χ3n) is 4.80. The predicted molar refractivity (Wildman–Crippen MR) is 70.8 cm³/mol. The third-order valence-corrected chi connectivity index (χ3v) is 4.80. The van der Waals surface area contributed by atoms with Crippen LogP contribution in [0.5, 0.6) is 0 Å². The fourth-order valence-electron chi connectivity index (χ4n) is 3.72. The molecule has 0 unspecified atom stereocenters. The van der Waals surface area contributed by atoms with Gasteiger partial charge in [-0.25, -0.2) is 0 Å². The standard InChI is InChI=1S/C14H24N2O3/c1-2-10-13(11-3-6-19-14(10)11)15-12(17)9-16-4-7-18-8-5-16/h10-11,13-14H,2-9H2,1H3,(H,15,17)/t10-,11+,13-,14-/m1/s1. The van der Waals surface area contributed by atoms with Crippen molar-refractivity contribution < 1.29 is 14.3 Å². The Morgan fingerprint density at radius 1 is 1.32 bits per heavy atom. The Morgan fingerprint density at radius 2 is 2.11 bits per heavy atom. The number of hydrogen-bond acceptors (Lipinski definition) is 4. The van der Waals surface area contributed by atoms with Gasteiger partial charge in [-0.2, -0.15) is 0 Å². The first-order chi connectivity index (χ1) is 9.29. The summed E-state index contributed by atoms with van der Waals surface area (Å²) in [5, 5.41) is 3.23. The van der Waals surface area contributed by atoms with Crippen LogP contribution in [-0.4, -0.2) is 62.4 Å². The van der Waals surface area contributed by atoms with Crippen molar-refractivity contribution >= 4 is 5.91 Å². The molecule has 5 nitrogen and oxygen atoms in total. The van der Waals surface area contributed by atoms with Crippen LogP contribution in [-0.2, 0) is 14.3 Å². The lowest BCUT2D eigenvalue weighted by molar-refractivity contribution is -0.129. The van der Waals surface area contributed by atoms with Gasteiger partial charge < -0.3 is 14.8 Å². The summed E-state index contributed by atoms with van der Waals surface area (Å²) < 4.78 is 11.0. The van der Waals surface area contributed by atoms with Crippen molar-refractivity contribution in [3.8, 4) is 0 Å². The van der Waals surface area contributed by atoms with E-state index in [1.165, 1.54) is 0 Å². The molecular weight excluding hydrogens is 244 g/mol. The molecule has 3 rings (SSSR count). The monoisotopic (exact) mass is 268 g/mol. The molecule has 0 aromatic heterocycles. The Labute approximate surface area is 114 Å². The minimum absolute atomic E-state index is 0.163. The van der Waals surface area contributed by atoms with Crippen molar-refractivity contribution in [1.82, 2.24) is 10.2 Å². The second kappa shape index (κ2) is 5.77. The quantitative estimate of drug-likeness (QED) is 0.794. The highest BCUT2D eigenvalue weighted by atomic mass is 16.5. The van der Waals surface area contributed by atoms with Gasteiger partial charge in [0.15, 0.2) is 0 Å². The highest BCUT2D eigenvalue weighted by Gasteiger charge is 2.53. The van der Waals surface area contributed by atoms with Crippen molar-refractivity contribution in [3.63, 3.8) is 0 Å². The number of amides is 1. The number of carbonyl (C=O) groups is 1. The average Bonchev–Trinajstić information content (AvgIpc) is 2.82. The lowest BCUT2D eigenvalue weighted by Crippen LogP contribution is -2.62. The first-order valence-corrected chi connectivity index (χ1v) is 7.50. The Kier molecular flexibility index (Phi) is 4.05. The van der Waals surface area contributed by atoms with Crippen LogP contribution >= 0.6 is 0 Å². The van der Waals surface area contributed by atoms with Crippen LogP contribution in [0.2, 0.25) is 0 Å². The van der Waals surface area contributed by atoms with Crippen LogP contribution in [0.25, 0.3) is 0 Å². The van der Waals surface area contributed by atoms with Crippen LogP contribution in [0.3, 0.4) is 0 Å². The summed E-state index contributed by atoms with van der Waals surface area (Å²) in [5.41, 5.74) is 0. The van der Waals surface area contributed by atoms with Crippen LogP contribution in [0.4, 0.5) is 0 Å². The van der Waals surface area contributed by atoms with Crippen LogP contribution in [0, 0.1) is 11.8 Å². The zero-order valence-electron chi connectivity index (χ0n) is 11.6. The topological polar surface area (TPSA) is 50.8 Å². The maximum absolute atomic E-state index is 12.1. The number of carbonyl (C=O) groups excluding carboxylic acids is 1. The summed E-state index contributed by atoms with van der Waals surface area (Å²) in [4.78, 5) is 14.3. The van der Waals surface area contributed by atoms with Crippen molar-refractivity contribution in [2.24, 2.45) is 11.8 Å². The van der Waals surface area contributed by atoms with Gasteiger partial charge in [-0.3, -0.25) is 9.69 Å². The number of nitrogens with one attached hydrogen (secondary N) is 1. The molecule has 3 fully saturated rings. The molecule has 0 aromatic carbocycles. The van der Waals surface area contributed by atoms with E-state index in [9.17, 15) is 4.79 Å². The van der Waals surface area contributed by atoms with E-state index in [2.05, 4.69) is 17.1 Å². The highest BCUT2D eigenvalue weighted by molar-refractivity contribution is 5.78. The molecule has 2 aliphatic heterocycles. The van der Waals surface area contributed by atoms with Crippen molar-refractivity contribution in [2.45, 2.75) is 31.9 Å². The van der Waals surface area contributed by atoms with Crippen molar-refractivity contribution in [2.75, 3.05) is 39.5 Å². The minimum Gasteiger partial charge on any atom is -0.379 e. The molecule has 0 bridgehead atoms. The van der Waals surface area contributed by atoms with Gasteiger partial charge in [-0.05, 0) is 12.8 Å². The first kappa shape index (κ1) is 13.3. The maximum Gasteiger partial charge on any atom is 0.234 e. The van der Waals surface area contributed by atoms with Gasteiger partial charge in [0.2, 0.25) is 5.91 Å². The summed E-state index contributed by atoms with van der Waals surface area (Å²) >= 11 is 0. The Hall–Kier alpha value is -0.650. The van der Waals surface area contributed by atoms with Gasteiger partial charge in [-0.15, -0.1) is 0 Å². The molecule has 108 valence electrons. The van der Waals surface area contributed by atoms with Gasteiger partial charge in [0.1, 0.15) is 0 Å². The van der Waals surface area contributed by atoms with E-state index in [-0.39, 0.29) is 5.91 Å². The van der Waals surface area contributed by atoms with Gasteiger partial charge in [0, 0.05) is 37.6 Å². The van der Waals surface area contributed by atoms with Crippen molar-refractivity contribution in [3.05, 3.63) is 0 Å². The fraction of sp³-hybridized carbons (Fsp3) is 0.929. The van der Waals surface area contributed by atoms with E-state index in [4.69, 9.17) is 9.47 Å². The molecule has 4 atom stereocenters. The second-order valence-corrected chi connectivity index (χ2v) is 5.84. The van der Waals surface area contributed by atoms with E-state index >= 15 is 0 Å². The smallest absolute Gasteiger partial charge is 0.234 e. The van der Waals surface area contributed by atoms with Crippen LogP contribution in [0.15, 0.2) is 0 Å². The van der Waals surface area contributed by atoms with Crippen LogP contribution < -0.4 is 5.32 Å². The first-order valence-electron chi connectivity index (χ1n) is 7.50. The molecule has 0 aromatic rings. The number of ether oxygens (including phenoxy) is 2. The Balaban J connectivity index is 1.48. The molecule has 1 N–H and O–H groups in total. The number of rotatable bonds is 4. The average molecular weight is 268 g/mol. The van der Waals surface area contributed by atoms with E-state index in [0.29, 0.717) is 30.5 Å². The minimum atomic E-state index is 0.163. The Morgan fingerprint density at radius 3 is 2.84 bits per heavy atom. The third kappa shape index (κ3) is 2.64. The normalized spacial score (nSPS) is 38.6. The van der Waals surface area contributed by atoms with Gasteiger partial charge in [0.05, 0.1) is 25.9 Å². The molecule has 1 aliphatic carbocycles. The van der Waals surface area contributed by atoms with E-state index < -0.39 is 0 Å². The molecule has 2 heterocycles. The molecule has 5 heteroatoms. The second-order valence-electron chi connectivity index (χ2n) is 5.84. The van der Waals surface area contributed by atoms with Gasteiger partial charge in [0.25, 0.3) is 0 Å². The predicted octanol–water partition coefficient (Wildman–Crippen LogP) is 0.248. The van der Waals surface area contributed by atoms with E-state index in [0.717, 1.165) is 45.8 Å². The molecule has 2 saturated heterocycles. The van der Waals surface area contributed by atoms with Crippen LogP contribution in [0.1, 0.15) is 19.8 Å². The molecule has 3 aliphatic rings. The SMILES string of the molecule is CC[C@@H]1[C@@H](NC(=O)CN2CCOCC2)[C@@H]2CCO[C@H]12. The molecule has 19 heavy (non-hydrogen) atoms. The summed E-state index contributed by atoms with van der Waals surface area (Å²) in [5.74, 6) is 1.23. The number of morpholine rings is 1. The number of fused-ring (bicyclic) bond motifs is 1. The molecule has 1 saturated carbocycles. The fourth-order valence-corrected chi connectivity index (χ4v) is 3.72. The summed E-state index contributed by atoms with van der Waals surface area (Å²) in [6.45, 7) is 6.77. The van der Waals surface area contributed by atoms with E-state index in [1.807, 2.05) is 0 Å².